The van der Waals surface area contributed by atoms with Gasteiger partial charge in [0, 0.05) is 16.7 Å². The molecule has 7 nitrogen and oxygen atoms in total. The molecule has 0 aliphatic rings. The Balaban J connectivity index is 1.67. The van der Waals surface area contributed by atoms with Crippen molar-refractivity contribution in [1.82, 2.24) is 10.5 Å². The first kappa shape index (κ1) is 18.2. The van der Waals surface area contributed by atoms with Crippen LogP contribution >= 0.6 is 0 Å². The number of nitrogens with zero attached hydrogens (tertiary/aromatic N) is 1. The second-order valence-corrected chi connectivity index (χ2v) is 5.83. The maximum absolute atomic E-state index is 11.5. The van der Waals surface area contributed by atoms with Gasteiger partial charge in [-0.1, -0.05) is 35.5 Å². The average molecular weight is 366 g/mol. The third kappa shape index (κ3) is 4.52. The highest BCUT2D eigenvalue weighted by atomic mass is 16.5. The van der Waals surface area contributed by atoms with E-state index in [1.807, 2.05) is 49.4 Å². The number of aliphatic carboxylic acids is 1. The SMILES string of the molecule is Cc1c(-c2ccc(OCC(=O)NCC(=O)O)cc2)noc1-c1ccccc1. The van der Waals surface area contributed by atoms with E-state index in [-0.39, 0.29) is 6.61 Å². The molecule has 3 rings (SSSR count). The zero-order valence-corrected chi connectivity index (χ0v) is 14.6. The number of carbonyl (C=O) groups is 2. The van der Waals surface area contributed by atoms with Crippen molar-refractivity contribution in [2.24, 2.45) is 0 Å². The molecular formula is C20H18N2O5. The van der Waals surface area contributed by atoms with Crippen molar-refractivity contribution in [3.05, 3.63) is 60.2 Å². The van der Waals surface area contributed by atoms with Gasteiger partial charge in [0.2, 0.25) is 0 Å². The normalized spacial score (nSPS) is 10.4. The molecule has 3 aromatic rings. The van der Waals surface area contributed by atoms with Gasteiger partial charge in [-0.25, -0.2) is 0 Å². The van der Waals surface area contributed by atoms with E-state index in [0.29, 0.717) is 5.75 Å². The van der Waals surface area contributed by atoms with E-state index in [1.54, 1.807) is 12.1 Å². The highest BCUT2D eigenvalue weighted by Gasteiger charge is 2.15. The molecule has 1 aromatic heterocycles. The molecule has 0 saturated heterocycles. The van der Waals surface area contributed by atoms with Crippen molar-refractivity contribution in [3.63, 3.8) is 0 Å². The molecule has 0 unspecified atom stereocenters. The van der Waals surface area contributed by atoms with Gasteiger partial charge >= 0.3 is 5.97 Å². The number of amides is 1. The van der Waals surface area contributed by atoms with Crippen LogP contribution in [-0.4, -0.2) is 35.3 Å². The Bertz CT molecular complexity index is 933. The Hall–Kier alpha value is -3.61. The number of benzene rings is 2. The third-order valence-corrected chi connectivity index (χ3v) is 3.89. The lowest BCUT2D eigenvalue weighted by atomic mass is 10.0. The summed E-state index contributed by atoms with van der Waals surface area (Å²) >= 11 is 0. The fourth-order valence-electron chi connectivity index (χ4n) is 2.55. The topological polar surface area (TPSA) is 102 Å². The lowest BCUT2D eigenvalue weighted by molar-refractivity contribution is -0.138. The lowest BCUT2D eigenvalue weighted by Gasteiger charge is -2.07. The van der Waals surface area contributed by atoms with E-state index >= 15 is 0 Å². The summed E-state index contributed by atoms with van der Waals surface area (Å²) in [6, 6.07) is 16.8. The molecule has 2 aromatic carbocycles. The molecule has 0 saturated carbocycles. The van der Waals surface area contributed by atoms with Gasteiger partial charge in [-0.05, 0) is 31.2 Å². The highest BCUT2D eigenvalue weighted by Crippen LogP contribution is 2.32. The van der Waals surface area contributed by atoms with Crippen molar-refractivity contribution < 1.29 is 24.0 Å². The molecule has 0 spiro atoms. The van der Waals surface area contributed by atoms with Crippen LogP contribution in [0.3, 0.4) is 0 Å². The number of carboxylic acids is 1. The van der Waals surface area contributed by atoms with Gasteiger partial charge in [0.15, 0.2) is 12.4 Å². The summed E-state index contributed by atoms with van der Waals surface area (Å²) in [5, 5.41) is 14.9. The van der Waals surface area contributed by atoms with E-state index in [2.05, 4.69) is 10.5 Å². The van der Waals surface area contributed by atoms with Crippen LogP contribution in [0.1, 0.15) is 5.56 Å². The maximum atomic E-state index is 11.5. The third-order valence-electron chi connectivity index (χ3n) is 3.89. The van der Waals surface area contributed by atoms with Crippen LogP contribution in [0.25, 0.3) is 22.6 Å². The molecule has 27 heavy (non-hydrogen) atoms. The minimum atomic E-state index is -1.11. The first-order valence-electron chi connectivity index (χ1n) is 8.28. The molecule has 0 bridgehead atoms. The lowest BCUT2D eigenvalue weighted by Crippen LogP contribution is -2.33. The zero-order valence-electron chi connectivity index (χ0n) is 14.6. The molecule has 2 N–H and O–H groups in total. The van der Waals surface area contributed by atoms with E-state index in [4.69, 9.17) is 14.4 Å². The fraction of sp³-hybridized carbons (Fsp3) is 0.150. The molecule has 0 aliphatic heterocycles. The monoisotopic (exact) mass is 366 g/mol. The van der Waals surface area contributed by atoms with Crippen molar-refractivity contribution >= 4 is 11.9 Å². The number of aromatic nitrogens is 1. The quantitative estimate of drug-likeness (QED) is 0.667. The van der Waals surface area contributed by atoms with Crippen molar-refractivity contribution in [3.8, 4) is 28.3 Å². The summed E-state index contributed by atoms with van der Waals surface area (Å²) in [4.78, 5) is 21.9. The second-order valence-electron chi connectivity index (χ2n) is 5.83. The van der Waals surface area contributed by atoms with Crippen molar-refractivity contribution in [2.75, 3.05) is 13.2 Å². The van der Waals surface area contributed by atoms with Crippen LogP contribution in [0.2, 0.25) is 0 Å². The molecule has 7 heteroatoms. The molecular weight excluding hydrogens is 348 g/mol. The van der Waals surface area contributed by atoms with Crippen LogP contribution in [-0.2, 0) is 9.59 Å². The molecule has 0 radical (unpaired) electrons. The largest absolute Gasteiger partial charge is 0.484 e. The summed E-state index contributed by atoms with van der Waals surface area (Å²) in [5.74, 6) is -0.387. The summed E-state index contributed by atoms with van der Waals surface area (Å²) in [7, 11) is 0. The molecule has 1 heterocycles. The zero-order chi connectivity index (χ0) is 19.2. The van der Waals surface area contributed by atoms with Gasteiger partial charge < -0.3 is 19.7 Å². The van der Waals surface area contributed by atoms with Crippen LogP contribution < -0.4 is 10.1 Å². The molecule has 0 aliphatic carbocycles. The number of nitrogens with one attached hydrogen (secondary N) is 1. The maximum Gasteiger partial charge on any atom is 0.322 e. The Morgan fingerprint density at radius 1 is 1.07 bits per heavy atom. The molecule has 0 fully saturated rings. The predicted molar refractivity (Wildman–Crippen MR) is 98.3 cm³/mol. The Morgan fingerprint density at radius 3 is 2.44 bits per heavy atom. The Kier molecular flexibility index (Phi) is 5.51. The number of hydrogen-bond acceptors (Lipinski definition) is 5. The molecule has 0 atom stereocenters. The summed E-state index contributed by atoms with van der Waals surface area (Å²) in [6.07, 6.45) is 0. The van der Waals surface area contributed by atoms with E-state index in [0.717, 1.165) is 28.1 Å². The first-order valence-corrected chi connectivity index (χ1v) is 8.28. The smallest absolute Gasteiger partial charge is 0.322 e. The minimum absolute atomic E-state index is 0.256. The number of ether oxygens (including phenoxy) is 1. The summed E-state index contributed by atoms with van der Waals surface area (Å²) in [6.45, 7) is 1.26. The number of carbonyl (C=O) groups excluding carboxylic acids is 1. The van der Waals surface area contributed by atoms with E-state index < -0.39 is 18.4 Å². The van der Waals surface area contributed by atoms with Gasteiger partial charge in [0.25, 0.3) is 5.91 Å². The number of rotatable bonds is 7. The fourth-order valence-corrected chi connectivity index (χ4v) is 2.55. The average Bonchev–Trinajstić information content (AvgIpc) is 3.07. The van der Waals surface area contributed by atoms with Crippen LogP contribution in [0.15, 0.2) is 59.1 Å². The molecule has 1 amide bonds. The minimum Gasteiger partial charge on any atom is -0.484 e. The van der Waals surface area contributed by atoms with E-state index in [1.165, 1.54) is 0 Å². The Labute approximate surface area is 155 Å². The second kappa shape index (κ2) is 8.18. The van der Waals surface area contributed by atoms with Gasteiger partial charge in [0.05, 0.1) is 0 Å². The summed E-state index contributed by atoms with van der Waals surface area (Å²) < 4.78 is 10.9. The van der Waals surface area contributed by atoms with Gasteiger partial charge in [-0.2, -0.15) is 0 Å². The Morgan fingerprint density at radius 2 is 1.78 bits per heavy atom. The predicted octanol–water partition coefficient (Wildman–Crippen LogP) is 2.90. The number of carboxylic acid groups (broad SMARTS) is 1. The van der Waals surface area contributed by atoms with E-state index in [9.17, 15) is 9.59 Å². The van der Waals surface area contributed by atoms with Gasteiger partial charge in [0.1, 0.15) is 18.0 Å². The van der Waals surface area contributed by atoms with Crippen LogP contribution in [0, 0.1) is 6.92 Å². The summed E-state index contributed by atoms with van der Waals surface area (Å²) in [5.41, 5.74) is 3.49. The standard InChI is InChI=1S/C20H18N2O5/c1-13-19(22-27-20(13)15-5-3-2-4-6-15)14-7-9-16(10-8-14)26-12-17(23)21-11-18(24)25/h2-10H,11-12H2,1H3,(H,21,23)(H,24,25). The van der Waals surface area contributed by atoms with Crippen LogP contribution in [0.4, 0.5) is 0 Å². The highest BCUT2D eigenvalue weighted by molar-refractivity contribution is 5.82. The van der Waals surface area contributed by atoms with Crippen molar-refractivity contribution in [2.45, 2.75) is 6.92 Å². The van der Waals surface area contributed by atoms with Crippen molar-refractivity contribution in [1.29, 1.82) is 0 Å². The number of hydrogen-bond donors (Lipinski definition) is 2. The first-order chi connectivity index (χ1) is 13.0. The van der Waals surface area contributed by atoms with Gasteiger partial charge in [-0.3, -0.25) is 9.59 Å². The molecule has 138 valence electrons. The van der Waals surface area contributed by atoms with Gasteiger partial charge in [-0.15, -0.1) is 0 Å². The van der Waals surface area contributed by atoms with Crippen LogP contribution in [0.5, 0.6) is 5.75 Å².